The molecule has 0 atom stereocenters. The minimum atomic E-state index is 0.611. The average molecular weight is 461 g/mol. The van der Waals surface area contributed by atoms with E-state index >= 15 is 0 Å². The molecule has 0 aliphatic heterocycles. The molecule has 0 saturated carbocycles. The van der Waals surface area contributed by atoms with Gasteiger partial charge in [0, 0.05) is 28.3 Å². The zero-order valence-electron chi connectivity index (χ0n) is 19.3. The second-order valence-corrected chi connectivity index (χ2v) is 8.74. The molecule has 168 valence electrons. The van der Waals surface area contributed by atoms with Crippen LogP contribution in [0, 0.1) is 0 Å². The smallest absolute Gasteiger partial charge is 0.166 e. The molecule has 36 heavy (non-hydrogen) atoms. The maximum Gasteiger partial charge on any atom is 0.166 e. The third kappa shape index (κ3) is 3.39. The monoisotopic (exact) mass is 460 g/mol. The molecule has 0 N–H and O–H groups in total. The molecule has 7 rings (SSSR count). The number of hydrogen-bond donors (Lipinski definition) is 0. The average Bonchev–Trinajstić information content (AvgIpc) is 2.96. The van der Waals surface area contributed by atoms with Gasteiger partial charge in [-0.15, -0.1) is 0 Å². The summed E-state index contributed by atoms with van der Waals surface area (Å²) < 4.78 is 0. The van der Waals surface area contributed by atoms with Crippen molar-refractivity contribution in [1.29, 1.82) is 0 Å². The van der Waals surface area contributed by atoms with Gasteiger partial charge in [0.25, 0.3) is 0 Å². The normalized spacial score (nSPS) is 11.3. The maximum absolute atomic E-state index is 5.04. The van der Waals surface area contributed by atoms with Crippen molar-refractivity contribution in [3.05, 3.63) is 121 Å². The van der Waals surface area contributed by atoms with Crippen molar-refractivity contribution in [2.45, 2.75) is 0 Å². The van der Waals surface area contributed by atoms with Gasteiger partial charge >= 0.3 is 0 Å². The molecule has 2 aromatic heterocycles. The first-order valence-corrected chi connectivity index (χ1v) is 11.9. The minimum absolute atomic E-state index is 0.611. The molecule has 2 heterocycles. The van der Waals surface area contributed by atoms with Gasteiger partial charge < -0.3 is 0 Å². The van der Waals surface area contributed by atoms with Crippen LogP contribution in [0.2, 0.25) is 0 Å². The van der Waals surface area contributed by atoms with Crippen molar-refractivity contribution >= 4 is 32.4 Å². The molecule has 4 heteroatoms. The molecule has 0 bridgehead atoms. The molecule has 0 fully saturated rings. The summed E-state index contributed by atoms with van der Waals surface area (Å²) in [5.74, 6) is 1.90. The number of nitrogens with zero attached hydrogens (tertiary/aromatic N) is 4. The summed E-state index contributed by atoms with van der Waals surface area (Å²) in [6.45, 7) is 0. The number of rotatable bonds is 3. The summed E-state index contributed by atoms with van der Waals surface area (Å²) in [6.07, 6.45) is 1.81. The lowest BCUT2D eigenvalue weighted by molar-refractivity contribution is 1.08. The molecular formula is C32H20N4. The van der Waals surface area contributed by atoms with E-state index in [-0.39, 0.29) is 0 Å². The van der Waals surface area contributed by atoms with E-state index in [1.807, 2.05) is 54.7 Å². The zero-order chi connectivity index (χ0) is 23.9. The van der Waals surface area contributed by atoms with E-state index in [0.717, 1.165) is 38.4 Å². The van der Waals surface area contributed by atoms with Gasteiger partial charge in [0.05, 0.1) is 5.52 Å². The van der Waals surface area contributed by atoms with Crippen LogP contribution in [0.1, 0.15) is 0 Å². The highest BCUT2D eigenvalue weighted by Crippen LogP contribution is 2.35. The Morgan fingerprint density at radius 2 is 1.06 bits per heavy atom. The van der Waals surface area contributed by atoms with Gasteiger partial charge in [-0.2, -0.15) is 0 Å². The van der Waals surface area contributed by atoms with E-state index in [1.54, 1.807) is 0 Å². The second-order valence-electron chi connectivity index (χ2n) is 8.74. The van der Waals surface area contributed by atoms with Crippen molar-refractivity contribution in [2.24, 2.45) is 0 Å². The Labute approximate surface area is 208 Å². The molecule has 4 nitrogen and oxygen atoms in total. The highest BCUT2D eigenvalue weighted by molar-refractivity contribution is 6.13. The third-order valence-electron chi connectivity index (χ3n) is 6.55. The summed E-state index contributed by atoms with van der Waals surface area (Å²) in [6, 6.07) is 39.3. The molecular weight excluding hydrogens is 440 g/mol. The first-order valence-electron chi connectivity index (χ1n) is 11.9. The number of benzene rings is 5. The standard InChI is InChI=1S/C32H20N4/c1-2-10-22(11-3-1)30-34-31(27-18-8-13-21-14-9-19-33-29(21)27)36-32(35-30)28-20-23-12-4-5-15-24(23)25-16-6-7-17-26(25)28/h1-20H. The van der Waals surface area contributed by atoms with Gasteiger partial charge in [-0.1, -0.05) is 97.1 Å². The van der Waals surface area contributed by atoms with Gasteiger partial charge in [0.2, 0.25) is 0 Å². The summed E-state index contributed by atoms with van der Waals surface area (Å²) in [5.41, 5.74) is 3.69. The molecule has 0 spiro atoms. The van der Waals surface area contributed by atoms with Crippen molar-refractivity contribution in [3.8, 4) is 34.2 Å². The third-order valence-corrected chi connectivity index (χ3v) is 6.55. The Balaban J connectivity index is 1.56. The number of hydrogen-bond acceptors (Lipinski definition) is 4. The zero-order valence-corrected chi connectivity index (χ0v) is 19.3. The lowest BCUT2D eigenvalue weighted by atomic mass is 9.97. The Morgan fingerprint density at radius 3 is 1.92 bits per heavy atom. The molecule has 0 radical (unpaired) electrons. The van der Waals surface area contributed by atoms with Crippen LogP contribution >= 0.6 is 0 Å². The van der Waals surface area contributed by atoms with Gasteiger partial charge in [-0.3, -0.25) is 4.98 Å². The second kappa shape index (κ2) is 8.36. The fourth-order valence-electron chi connectivity index (χ4n) is 4.86. The Hall–Kier alpha value is -4.96. The molecule has 0 saturated heterocycles. The van der Waals surface area contributed by atoms with E-state index < -0.39 is 0 Å². The fraction of sp³-hybridized carbons (Fsp3) is 0. The quantitative estimate of drug-likeness (QED) is 0.253. The van der Waals surface area contributed by atoms with Crippen molar-refractivity contribution in [3.63, 3.8) is 0 Å². The first kappa shape index (κ1) is 20.4. The fourth-order valence-corrected chi connectivity index (χ4v) is 4.86. The number of pyridine rings is 1. The van der Waals surface area contributed by atoms with Crippen LogP contribution in [0.3, 0.4) is 0 Å². The van der Waals surface area contributed by atoms with Crippen LogP contribution in [0.15, 0.2) is 121 Å². The predicted octanol–water partition coefficient (Wildman–Crippen LogP) is 7.73. The first-order chi connectivity index (χ1) is 17.8. The predicted molar refractivity (Wildman–Crippen MR) is 146 cm³/mol. The Morgan fingerprint density at radius 1 is 0.417 bits per heavy atom. The lowest BCUT2D eigenvalue weighted by Crippen LogP contribution is -2.01. The summed E-state index contributed by atoms with van der Waals surface area (Å²) in [4.78, 5) is 19.6. The van der Waals surface area contributed by atoms with Crippen molar-refractivity contribution in [1.82, 2.24) is 19.9 Å². The molecule has 0 amide bonds. The highest BCUT2D eigenvalue weighted by atomic mass is 15.0. The SMILES string of the molecule is c1ccc(-c2nc(-c3cc4ccccc4c4ccccc34)nc(-c3cccc4cccnc34)n2)cc1. The highest BCUT2D eigenvalue weighted by Gasteiger charge is 2.17. The van der Waals surface area contributed by atoms with Crippen LogP contribution in [0.5, 0.6) is 0 Å². The summed E-state index contributed by atoms with van der Waals surface area (Å²) >= 11 is 0. The van der Waals surface area contributed by atoms with Crippen LogP contribution in [0.4, 0.5) is 0 Å². The van der Waals surface area contributed by atoms with Crippen LogP contribution in [-0.4, -0.2) is 19.9 Å². The largest absolute Gasteiger partial charge is 0.255 e. The van der Waals surface area contributed by atoms with Gasteiger partial charge in [-0.25, -0.2) is 15.0 Å². The Kier molecular flexibility index (Phi) is 4.74. The van der Waals surface area contributed by atoms with E-state index in [4.69, 9.17) is 15.0 Å². The molecule has 0 aliphatic carbocycles. The Bertz CT molecular complexity index is 1890. The van der Waals surface area contributed by atoms with E-state index in [1.165, 1.54) is 10.8 Å². The van der Waals surface area contributed by atoms with E-state index in [9.17, 15) is 0 Å². The molecule has 0 unspecified atom stereocenters. The number of aromatic nitrogens is 4. The lowest BCUT2D eigenvalue weighted by Gasteiger charge is -2.13. The van der Waals surface area contributed by atoms with Gasteiger partial charge in [0.1, 0.15) is 0 Å². The van der Waals surface area contributed by atoms with Gasteiger partial charge in [0.15, 0.2) is 17.5 Å². The van der Waals surface area contributed by atoms with Crippen LogP contribution in [0.25, 0.3) is 66.6 Å². The summed E-state index contributed by atoms with van der Waals surface area (Å²) in [5, 5.41) is 5.72. The number of para-hydroxylation sites is 1. The molecule has 0 aliphatic rings. The van der Waals surface area contributed by atoms with Crippen molar-refractivity contribution in [2.75, 3.05) is 0 Å². The van der Waals surface area contributed by atoms with Crippen LogP contribution < -0.4 is 0 Å². The minimum Gasteiger partial charge on any atom is -0.255 e. The van der Waals surface area contributed by atoms with Crippen LogP contribution in [-0.2, 0) is 0 Å². The van der Waals surface area contributed by atoms with E-state index in [0.29, 0.717) is 17.5 Å². The maximum atomic E-state index is 5.04. The van der Waals surface area contributed by atoms with Gasteiger partial charge in [-0.05, 0) is 39.7 Å². The molecule has 7 aromatic rings. The molecule has 5 aromatic carbocycles. The topological polar surface area (TPSA) is 51.6 Å². The van der Waals surface area contributed by atoms with E-state index in [2.05, 4.69) is 71.7 Å². The summed E-state index contributed by atoms with van der Waals surface area (Å²) in [7, 11) is 0. The van der Waals surface area contributed by atoms with Crippen molar-refractivity contribution < 1.29 is 0 Å². The number of fused-ring (bicyclic) bond motifs is 4.